The molecule has 0 saturated carbocycles. The van der Waals surface area contributed by atoms with Crippen LogP contribution in [0.15, 0.2) is 0 Å². The van der Waals surface area contributed by atoms with E-state index in [1.165, 1.54) is 0 Å². The van der Waals surface area contributed by atoms with Gasteiger partial charge in [-0.05, 0) is 6.92 Å². The molecule has 168 valence electrons. The van der Waals surface area contributed by atoms with Crippen molar-refractivity contribution in [1.29, 1.82) is 0 Å². The predicted octanol–water partition coefficient (Wildman–Crippen LogP) is 5.47. The van der Waals surface area contributed by atoms with E-state index in [1.807, 2.05) is 0 Å². The van der Waals surface area contributed by atoms with E-state index in [-0.39, 0.29) is 0 Å². The summed E-state index contributed by atoms with van der Waals surface area (Å²) >= 11 is 0. The van der Waals surface area contributed by atoms with Gasteiger partial charge in [0.2, 0.25) is 0 Å². The SMILES string of the molecule is CCOC1(CC(F)(F)F)OC(F)(C(F)(C(F)(F)F)C(F)(F)F)C(F)(F)C1(F)F. The lowest BCUT2D eigenvalue weighted by Gasteiger charge is -2.40. The molecule has 2 unspecified atom stereocenters. The number of hydrogen-bond donors (Lipinski definition) is 0. The van der Waals surface area contributed by atoms with Crippen LogP contribution in [0.5, 0.6) is 0 Å². The topological polar surface area (TPSA) is 18.5 Å². The van der Waals surface area contributed by atoms with Crippen LogP contribution >= 0.6 is 0 Å². The van der Waals surface area contributed by atoms with Gasteiger partial charge in [-0.25, -0.2) is 8.78 Å². The first-order chi connectivity index (χ1) is 12.0. The van der Waals surface area contributed by atoms with Crippen LogP contribution in [0, 0.1) is 0 Å². The predicted molar refractivity (Wildman–Crippen MR) is 55.8 cm³/mol. The minimum atomic E-state index is -7.86. The van der Waals surface area contributed by atoms with Crippen molar-refractivity contribution < 1.29 is 75.3 Å². The van der Waals surface area contributed by atoms with Crippen LogP contribution in [0.3, 0.4) is 0 Å². The van der Waals surface area contributed by atoms with Gasteiger partial charge in [0, 0.05) is 6.61 Å². The van der Waals surface area contributed by atoms with E-state index in [2.05, 4.69) is 9.47 Å². The van der Waals surface area contributed by atoms with Crippen LogP contribution in [0.4, 0.5) is 65.9 Å². The zero-order chi connectivity index (χ0) is 22.8. The molecule has 1 saturated heterocycles. The van der Waals surface area contributed by atoms with Gasteiger partial charge in [0.1, 0.15) is 6.42 Å². The van der Waals surface area contributed by atoms with Gasteiger partial charge in [-0.15, -0.1) is 0 Å². The summed E-state index contributed by atoms with van der Waals surface area (Å²) in [4.78, 5) is 0. The highest BCUT2D eigenvalue weighted by atomic mass is 19.4. The highest BCUT2D eigenvalue weighted by Gasteiger charge is 3.00. The molecule has 0 aromatic heterocycles. The fraction of sp³-hybridized carbons (Fsp3) is 1.00. The number of rotatable bonds is 4. The van der Waals surface area contributed by atoms with Gasteiger partial charge in [-0.3, -0.25) is 4.74 Å². The van der Waals surface area contributed by atoms with Crippen molar-refractivity contribution in [2.75, 3.05) is 6.61 Å². The average Bonchev–Trinajstić information content (AvgIpc) is 2.51. The van der Waals surface area contributed by atoms with Crippen LogP contribution in [-0.4, -0.2) is 54.3 Å². The van der Waals surface area contributed by atoms with Gasteiger partial charge in [0.25, 0.3) is 5.79 Å². The van der Waals surface area contributed by atoms with Gasteiger partial charge < -0.3 is 4.74 Å². The van der Waals surface area contributed by atoms with Gasteiger partial charge in [-0.1, -0.05) is 0 Å². The van der Waals surface area contributed by atoms with Crippen molar-refractivity contribution >= 4 is 0 Å². The van der Waals surface area contributed by atoms with Crippen LogP contribution in [0.2, 0.25) is 0 Å². The molecular formula is C11H7F15O2. The fourth-order valence-corrected chi connectivity index (χ4v) is 2.42. The minimum Gasteiger partial charge on any atom is -0.345 e. The number of hydrogen-bond acceptors (Lipinski definition) is 2. The van der Waals surface area contributed by atoms with Crippen LogP contribution < -0.4 is 0 Å². The molecule has 2 atom stereocenters. The standard InChI is InChI=1S/C11H7F15O2/c1-2-27-4(3-5(12,13)14)7(16,17)8(18,19)9(20,28-4)6(15,10(21,22)23)11(24,25)26/h2-3H2,1H3. The lowest BCUT2D eigenvalue weighted by Crippen LogP contribution is -2.72. The van der Waals surface area contributed by atoms with E-state index in [0.717, 1.165) is 0 Å². The Balaban J connectivity index is 3.91. The molecule has 0 spiro atoms. The smallest absolute Gasteiger partial charge is 0.345 e. The summed E-state index contributed by atoms with van der Waals surface area (Å²) in [6.07, 6.45) is -25.0. The molecule has 0 amide bonds. The summed E-state index contributed by atoms with van der Waals surface area (Å²) in [5, 5.41) is 0. The normalized spacial score (nSPS) is 31.3. The molecule has 0 radical (unpaired) electrons. The molecule has 0 bridgehead atoms. The lowest BCUT2D eigenvalue weighted by molar-refractivity contribution is -0.453. The maximum atomic E-state index is 14.3. The van der Waals surface area contributed by atoms with Crippen molar-refractivity contribution in [2.24, 2.45) is 0 Å². The molecule has 2 nitrogen and oxygen atoms in total. The highest BCUT2D eigenvalue weighted by Crippen LogP contribution is 2.70. The quantitative estimate of drug-likeness (QED) is 0.523. The summed E-state index contributed by atoms with van der Waals surface area (Å²) in [7, 11) is 0. The van der Waals surface area contributed by atoms with E-state index >= 15 is 0 Å². The molecule has 1 heterocycles. The number of alkyl halides is 15. The van der Waals surface area contributed by atoms with Gasteiger partial charge >= 0.3 is 41.9 Å². The number of halogens is 15. The average molecular weight is 456 g/mol. The second kappa shape index (κ2) is 6.18. The zero-order valence-electron chi connectivity index (χ0n) is 12.9. The zero-order valence-corrected chi connectivity index (χ0v) is 12.9. The Morgan fingerprint density at radius 2 is 1.11 bits per heavy atom. The van der Waals surface area contributed by atoms with Crippen molar-refractivity contribution in [1.82, 2.24) is 0 Å². The van der Waals surface area contributed by atoms with Crippen molar-refractivity contribution in [3.8, 4) is 0 Å². The first-order valence-electron chi connectivity index (χ1n) is 6.65. The largest absolute Gasteiger partial charge is 0.437 e. The molecule has 0 aromatic carbocycles. The second-order valence-corrected chi connectivity index (χ2v) is 5.48. The van der Waals surface area contributed by atoms with Crippen LogP contribution in [-0.2, 0) is 9.47 Å². The van der Waals surface area contributed by atoms with E-state index < -0.39 is 60.7 Å². The lowest BCUT2D eigenvalue weighted by atomic mass is 9.87. The first-order valence-corrected chi connectivity index (χ1v) is 6.65. The fourth-order valence-electron chi connectivity index (χ4n) is 2.42. The molecule has 1 aliphatic rings. The van der Waals surface area contributed by atoms with Crippen molar-refractivity contribution in [3.63, 3.8) is 0 Å². The molecule has 1 rings (SSSR count). The summed E-state index contributed by atoms with van der Waals surface area (Å²) in [6, 6.07) is 0. The minimum absolute atomic E-state index is 0.490. The molecule has 1 aliphatic heterocycles. The molecule has 17 heteroatoms. The van der Waals surface area contributed by atoms with E-state index in [9.17, 15) is 65.9 Å². The summed E-state index contributed by atoms with van der Waals surface area (Å²) in [6.45, 7) is -1.01. The Hall–Kier alpha value is -1.13. The Morgan fingerprint density at radius 1 is 0.714 bits per heavy atom. The molecule has 0 aliphatic carbocycles. The van der Waals surface area contributed by atoms with Gasteiger partial charge in [0.15, 0.2) is 0 Å². The Labute approximate surface area is 144 Å². The van der Waals surface area contributed by atoms with Gasteiger partial charge in [-0.2, -0.15) is 57.1 Å². The first kappa shape index (κ1) is 24.9. The number of ether oxygens (including phenoxy) is 2. The maximum Gasteiger partial charge on any atom is 0.437 e. The van der Waals surface area contributed by atoms with Crippen LogP contribution in [0.1, 0.15) is 13.3 Å². The third-order valence-corrected chi connectivity index (χ3v) is 3.62. The van der Waals surface area contributed by atoms with E-state index in [4.69, 9.17) is 0 Å². The monoisotopic (exact) mass is 456 g/mol. The van der Waals surface area contributed by atoms with Crippen molar-refractivity contribution in [2.45, 2.75) is 61.0 Å². The Morgan fingerprint density at radius 3 is 1.39 bits per heavy atom. The third kappa shape index (κ3) is 2.99. The van der Waals surface area contributed by atoms with Gasteiger partial charge in [0.05, 0.1) is 0 Å². The highest BCUT2D eigenvalue weighted by molar-refractivity contribution is 5.22. The van der Waals surface area contributed by atoms with E-state index in [1.54, 1.807) is 0 Å². The van der Waals surface area contributed by atoms with Crippen molar-refractivity contribution in [3.05, 3.63) is 0 Å². The molecule has 1 fully saturated rings. The molecule has 0 N–H and O–H groups in total. The second-order valence-electron chi connectivity index (χ2n) is 5.48. The van der Waals surface area contributed by atoms with E-state index in [0.29, 0.717) is 6.92 Å². The molecule has 0 aromatic rings. The Kier molecular flexibility index (Phi) is 5.50. The summed E-state index contributed by atoms with van der Waals surface area (Å²) in [5.41, 5.74) is -7.86. The third-order valence-electron chi connectivity index (χ3n) is 3.62. The Bertz CT molecular complexity index is 576. The van der Waals surface area contributed by atoms with Crippen LogP contribution in [0.25, 0.3) is 0 Å². The molecular weight excluding hydrogens is 449 g/mol. The maximum absolute atomic E-state index is 14.3. The summed E-state index contributed by atoms with van der Waals surface area (Å²) < 4.78 is 203. The molecule has 28 heavy (non-hydrogen) atoms. The summed E-state index contributed by atoms with van der Waals surface area (Å²) in [5.74, 6) is -27.1.